The second-order valence-corrected chi connectivity index (χ2v) is 4.52. The fraction of sp³-hybridized carbons (Fsp3) is 0.308. The van der Waals surface area contributed by atoms with Crippen molar-refractivity contribution in [1.82, 2.24) is 15.1 Å². The summed E-state index contributed by atoms with van der Waals surface area (Å²) in [7, 11) is 1.85. The molecular weight excluding hydrogens is 263 g/mol. The normalized spacial score (nSPS) is 12.3. The van der Waals surface area contributed by atoms with Crippen LogP contribution in [0.5, 0.6) is 0 Å². The zero-order chi connectivity index (χ0) is 14.7. The topological polar surface area (TPSA) is 73.0 Å². The third kappa shape index (κ3) is 3.00. The molecule has 106 valence electrons. The first-order valence-corrected chi connectivity index (χ1v) is 6.13. The van der Waals surface area contributed by atoms with Crippen LogP contribution in [0, 0.1) is 15.9 Å². The maximum absolute atomic E-state index is 13.5. The zero-order valence-corrected chi connectivity index (χ0v) is 11.2. The molecule has 2 aromatic rings. The van der Waals surface area contributed by atoms with E-state index in [4.69, 9.17) is 0 Å². The number of nitro benzene ring substituents is 1. The van der Waals surface area contributed by atoms with Crippen LogP contribution in [0.3, 0.4) is 0 Å². The lowest BCUT2D eigenvalue weighted by molar-refractivity contribution is -0.387. The van der Waals surface area contributed by atoms with Crippen molar-refractivity contribution in [3.63, 3.8) is 0 Å². The van der Waals surface area contributed by atoms with E-state index in [1.165, 1.54) is 18.2 Å². The second-order valence-electron chi connectivity index (χ2n) is 4.52. The third-order valence-corrected chi connectivity index (χ3v) is 3.14. The fourth-order valence-electron chi connectivity index (χ4n) is 1.84. The number of rotatable bonds is 5. The molecule has 0 aliphatic heterocycles. The van der Waals surface area contributed by atoms with Gasteiger partial charge < -0.3 is 5.32 Å². The van der Waals surface area contributed by atoms with Gasteiger partial charge in [0.15, 0.2) is 0 Å². The largest absolute Gasteiger partial charge is 0.313 e. The standard InChI is InChI=1S/C13H15FN4O2/c1-9(15-2)11-6-16-17(8-11)7-10-3-4-13(18(19)20)12(14)5-10/h3-6,8-9,15H,7H2,1-2H3. The summed E-state index contributed by atoms with van der Waals surface area (Å²) in [5, 5.41) is 17.8. The Balaban J connectivity index is 2.16. The van der Waals surface area contributed by atoms with E-state index in [1.54, 1.807) is 10.9 Å². The summed E-state index contributed by atoms with van der Waals surface area (Å²) in [5.41, 5.74) is 1.13. The van der Waals surface area contributed by atoms with Crippen molar-refractivity contribution >= 4 is 5.69 Å². The molecule has 0 aliphatic rings. The van der Waals surface area contributed by atoms with Crippen molar-refractivity contribution < 1.29 is 9.31 Å². The summed E-state index contributed by atoms with van der Waals surface area (Å²) in [6.07, 6.45) is 3.60. The van der Waals surface area contributed by atoms with Gasteiger partial charge in [-0.3, -0.25) is 14.8 Å². The van der Waals surface area contributed by atoms with Gasteiger partial charge in [0.2, 0.25) is 5.82 Å². The highest BCUT2D eigenvalue weighted by molar-refractivity contribution is 5.35. The van der Waals surface area contributed by atoms with Gasteiger partial charge in [0.05, 0.1) is 17.7 Å². The predicted molar refractivity (Wildman–Crippen MR) is 71.9 cm³/mol. The van der Waals surface area contributed by atoms with Crippen LogP contribution in [-0.2, 0) is 6.54 Å². The van der Waals surface area contributed by atoms with Gasteiger partial charge in [-0.2, -0.15) is 9.49 Å². The van der Waals surface area contributed by atoms with Gasteiger partial charge in [0.25, 0.3) is 0 Å². The number of hydrogen-bond acceptors (Lipinski definition) is 4. The molecule has 1 heterocycles. The summed E-state index contributed by atoms with van der Waals surface area (Å²) in [4.78, 5) is 9.81. The van der Waals surface area contributed by atoms with Gasteiger partial charge in [0.1, 0.15) is 0 Å². The molecule has 1 unspecified atom stereocenters. The van der Waals surface area contributed by atoms with E-state index < -0.39 is 16.4 Å². The smallest absolute Gasteiger partial charge is 0.304 e. The van der Waals surface area contributed by atoms with E-state index in [-0.39, 0.29) is 6.04 Å². The van der Waals surface area contributed by atoms with Crippen LogP contribution in [0.4, 0.5) is 10.1 Å². The van der Waals surface area contributed by atoms with Crippen molar-refractivity contribution in [3.05, 3.63) is 57.7 Å². The summed E-state index contributed by atoms with van der Waals surface area (Å²) in [6.45, 7) is 2.37. The summed E-state index contributed by atoms with van der Waals surface area (Å²) < 4.78 is 15.2. The Hall–Kier alpha value is -2.28. The lowest BCUT2D eigenvalue weighted by Crippen LogP contribution is -2.11. The predicted octanol–water partition coefficient (Wildman–Crippen LogP) is 2.26. The van der Waals surface area contributed by atoms with Crippen molar-refractivity contribution in [2.24, 2.45) is 0 Å². The Kier molecular flexibility index (Phi) is 4.09. The molecule has 0 bridgehead atoms. The molecule has 0 aliphatic carbocycles. The highest BCUT2D eigenvalue weighted by Crippen LogP contribution is 2.19. The van der Waals surface area contributed by atoms with Crippen LogP contribution >= 0.6 is 0 Å². The molecule has 0 fully saturated rings. The Morgan fingerprint density at radius 1 is 1.55 bits per heavy atom. The van der Waals surface area contributed by atoms with Crippen molar-refractivity contribution in [2.45, 2.75) is 19.5 Å². The first kappa shape index (κ1) is 14.1. The monoisotopic (exact) mass is 278 g/mol. The van der Waals surface area contributed by atoms with E-state index in [0.717, 1.165) is 5.56 Å². The Morgan fingerprint density at radius 2 is 2.30 bits per heavy atom. The Bertz CT molecular complexity index is 627. The highest BCUT2D eigenvalue weighted by Gasteiger charge is 2.14. The fourth-order valence-corrected chi connectivity index (χ4v) is 1.84. The third-order valence-electron chi connectivity index (χ3n) is 3.14. The maximum Gasteiger partial charge on any atom is 0.304 e. The lowest BCUT2D eigenvalue weighted by atomic mass is 10.2. The van der Waals surface area contributed by atoms with Crippen LogP contribution in [0.2, 0.25) is 0 Å². The van der Waals surface area contributed by atoms with E-state index in [9.17, 15) is 14.5 Å². The van der Waals surface area contributed by atoms with Crippen molar-refractivity contribution in [3.8, 4) is 0 Å². The summed E-state index contributed by atoms with van der Waals surface area (Å²) >= 11 is 0. The first-order valence-electron chi connectivity index (χ1n) is 6.13. The van der Waals surface area contributed by atoms with Crippen LogP contribution in [0.25, 0.3) is 0 Å². The minimum absolute atomic E-state index is 0.178. The van der Waals surface area contributed by atoms with Crippen LogP contribution in [0.15, 0.2) is 30.6 Å². The molecule has 0 saturated carbocycles. The van der Waals surface area contributed by atoms with Crippen molar-refractivity contribution in [2.75, 3.05) is 7.05 Å². The van der Waals surface area contributed by atoms with E-state index in [0.29, 0.717) is 12.1 Å². The lowest BCUT2D eigenvalue weighted by Gasteiger charge is -2.06. The first-order chi connectivity index (χ1) is 9.51. The molecule has 1 atom stereocenters. The summed E-state index contributed by atoms with van der Waals surface area (Å²) in [6, 6.07) is 4.05. The van der Waals surface area contributed by atoms with Crippen LogP contribution < -0.4 is 5.32 Å². The highest BCUT2D eigenvalue weighted by atomic mass is 19.1. The van der Waals surface area contributed by atoms with Gasteiger partial charge >= 0.3 is 5.69 Å². The van der Waals surface area contributed by atoms with Crippen LogP contribution in [-0.4, -0.2) is 21.8 Å². The zero-order valence-electron chi connectivity index (χ0n) is 11.2. The summed E-state index contributed by atoms with van der Waals surface area (Å²) in [5.74, 6) is -0.830. The van der Waals surface area contributed by atoms with E-state index >= 15 is 0 Å². The average Bonchev–Trinajstić information content (AvgIpc) is 2.86. The second kappa shape index (κ2) is 5.79. The molecule has 0 amide bonds. The average molecular weight is 278 g/mol. The molecule has 1 aromatic heterocycles. The molecule has 7 heteroatoms. The number of halogens is 1. The van der Waals surface area contributed by atoms with Crippen LogP contribution in [0.1, 0.15) is 24.1 Å². The number of hydrogen-bond donors (Lipinski definition) is 1. The van der Waals surface area contributed by atoms with E-state index in [1.807, 2.05) is 20.2 Å². The molecule has 6 nitrogen and oxygen atoms in total. The number of aromatic nitrogens is 2. The minimum Gasteiger partial charge on any atom is -0.313 e. The molecular formula is C13H15FN4O2. The Morgan fingerprint density at radius 3 is 2.90 bits per heavy atom. The van der Waals surface area contributed by atoms with Crippen molar-refractivity contribution in [1.29, 1.82) is 0 Å². The number of nitrogens with zero attached hydrogens (tertiary/aromatic N) is 3. The quantitative estimate of drug-likeness (QED) is 0.672. The number of benzene rings is 1. The van der Waals surface area contributed by atoms with E-state index in [2.05, 4.69) is 10.4 Å². The van der Waals surface area contributed by atoms with Gasteiger partial charge in [-0.05, 0) is 25.6 Å². The molecule has 0 saturated heterocycles. The maximum atomic E-state index is 13.5. The van der Waals surface area contributed by atoms with Gasteiger partial charge in [-0.15, -0.1) is 0 Å². The number of nitro groups is 1. The van der Waals surface area contributed by atoms with Gasteiger partial charge in [-0.1, -0.05) is 6.07 Å². The molecule has 1 N–H and O–H groups in total. The Labute approximate surface area is 115 Å². The molecule has 20 heavy (non-hydrogen) atoms. The molecule has 0 radical (unpaired) electrons. The molecule has 2 rings (SSSR count). The van der Waals surface area contributed by atoms with Gasteiger partial charge in [-0.25, -0.2) is 0 Å². The molecule has 0 spiro atoms. The van der Waals surface area contributed by atoms with Gasteiger partial charge in [0, 0.05) is 23.9 Å². The SMILES string of the molecule is CNC(C)c1cnn(Cc2ccc([N+](=O)[O-])c(F)c2)c1. The molecule has 1 aromatic carbocycles. The minimum atomic E-state index is -0.830. The number of nitrogens with one attached hydrogen (secondary N) is 1.